The number of halogens is 2. The highest BCUT2D eigenvalue weighted by molar-refractivity contribution is 5.58. The highest BCUT2D eigenvalue weighted by Gasteiger charge is 2.26. The van der Waals surface area contributed by atoms with Crippen LogP contribution in [0.5, 0.6) is 5.75 Å². The van der Waals surface area contributed by atoms with Gasteiger partial charge in [-0.3, -0.25) is 10.1 Å². The summed E-state index contributed by atoms with van der Waals surface area (Å²) in [5.41, 5.74) is 5.04. The van der Waals surface area contributed by atoms with Crippen molar-refractivity contribution in [2.75, 3.05) is 25.0 Å². The molecule has 0 aliphatic rings. The number of anilines is 1. The fraction of sp³-hybridized carbons (Fsp3) is 0.500. The highest BCUT2D eigenvalue weighted by Crippen LogP contribution is 2.30. The van der Waals surface area contributed by atoms with E-state index in [4.69, 9.17) is 10.5 Å². The maximum absolute atomic E-state index is 13.0. The van der Waals surface area contributed by atoms with E-state index in [0.29, 0.717) is 18.7 Å². The van der Waals surface area contributed by atoms with Crippen molar-refractivity contribution < 1.29 is 18.4 Å². The molecule has 1 aromatic rings. The van der Waals surface area contributed by atoms with Gasteiger partial charge in [0, 0.05) is 17.8 Å². The first-order valence-corrected chi connectivity index (χ1v) is 6.12. The number of nitro benzene ring substituents is 1. The van der Waals surface area contributed by atoms with E-state index in [1.807, 2.05) is 6.92 Å². The summed E-state index contributed by atoms with van der Waals surface area (Å²) in [7, 11) is 0. The number of nitro groups is 1. The predicted molar refractivity (Wildman–Crippen MR) is 71.4 cm³/mol. The van der Waals surface area contributed by atoms with Crippen LogP contribution in [0.4, 0.5) is 20.2 Å². The van der Waals surface area contributed by atoms with Gasteiger partial charge in [0.2, 0.25) is 0 Å². The van der Waals surface area contributed by atoms with Crippen molar-refractivity contribution in [1.29, 1.82) is 0 Å². The number of rotatable bonds is 8. The second-order valence-electron chi connectivity index (χ2n) is 4.20. The smallest absolute Gasteiger partial charge is 0.311 e. The fourth-order valence-corrected chi connectivity index (χ4v) is 1.41. The average Bonchev–Trinajstić information content (AvgIpc) is 2.42. The summed E-state index contributed by atoms with van der Waals surface area (Å²) < 4.78 is 31.3. The monoisotopic (exact) mass is 289 g/mol. The first-order valence-electron chi connectivity index (χ1n) is 6.12. The first kappa shape index (κ1) is 16.1. The third-order valence-electron chi connectivity index (χ3n) is 2.47. The summed E-state index contributed by atoms with van der Waals surface area (Å²) in [6.07, 6.45) is 0.681. The molecule has 0 saturated heterocycles. The molecular formula is C12H17F2N3O3. The van der Waals surface area contributed by atoms with Gasteiger partial charge in [-0.15, -0.1) is 0 Å². The zero-order chi connectivity index (χ0) is 15.2. The molecule has 0 spiro atoms. The lowest BCUT2D eigenvalue weighted by molar-refractivity contribution is -0.385. The minimum Gasteiger partial charge on any atom is -0.487 e. The second-order valence-corrected chi connectivity index (χ2v) is 4.20. The van der Waals surface area contributed by atoms with E-state index in [-0.39, 0.29) is 11.4 Å². The number of alkyl halides is 2. The molecule has 0 aromatic heterocycles. The molecule has 0 heterocycles. The van der Waals surface area contributed by atoms with Gasteiger partial charge in [-0.2, -0.15) is 0 Å². The minimum absolute atomic E-state index is 0.0536. The van der Waals surface area contributed by atoms with Gasteiger partial charge in [-0.1, -0.05) is 6.92 Å². The van der Waals surface area contributed by atoms with Crippen LogP contribution in [0.3, 0.4) is 0 Å². The zero-order valence-electron chi connectivity index (χ0n) is 11.1. The Labute approximate surface area is 115 Å². The Balaban J connectivity index is 2.86. The highest BCUT2D eigenvalue weighted by atomic mass is 19.3. The molecule has 0 saturated carbocycles. The summed E-state index contributed by atoms with van der Waals surface area (Å²) in [4.78, 5) is 10.2. The van der Waals surface area contributed by atoms with E-state index in [9.17, 15) is 18.9 Å². The van der Waals surface area contributed by atoms with E-state index in [1.165, 1.54) is 18.2 Å². The normalized spacial score (nSPS) is 11.2. The Morgan fingerprint density at radius 2 is 2.20 bits per heavy atom. The molecule has 0 radical (unpaired) electrons. The van der Waals surface area contributed by atoms with Crippen LogP contribution in [0, 0.1) is 10.1 Å². The van der Waals surface area contributed by atoms with Crippen LogP contribution in [0.25, 0.3) is 0 Å². The van der Waals surface area contributed by atoms with Crippen molar-refractivity contribution in [2.24, 2.45) is 5.73 Å². The van der Waals surface area contributed by atoms with E-state index < -0.39 is 23.9 Å². The van der Waals surface area contributed by atoms with Crippen molar-refractivity contribution in [2.45, 2.75) is 19.3 Å². The van der Waals surface area contributed by atoms with Crippen LogP contribution < -0.4 is 15.8 Å². The molecule has 0 bridgehead atoms. The van der Waals surface area contributed by atoms with Crippen LogP contribution in [0.1, 0.15) is 13.3 Å². The van der Waals surface area contributed by atoms with Crippen LogP contribution in [-0.2, 0) is 0 Å². The van der Waals surface area contributed by atoms with E-state index in [2.05, 4.69) is 5.32 Å². The van der Waals surface area contributed by atoms with Crippen LogP contribution in [0.15, 0.2) is 18.2 Å². The van der Waals surface area contributed by atoms with Gasteiger partial charge in [-0.25, -0.2) is 8.78 Å². The summed E-state index contributed by atoms with van der Waals surface area (Å²) in [5.74, 6) is -2.98. The molecule has 0 atom stereocenters. The van der Waals surface area contributed by atoms with Crippen molar-refractivity contribution in [3.05, 3.63) is 28.3 Å². The van der Waals surface area contributed by atoms with Gasteiger partial charge in [0.05, 0.1) is 24.6 Å². The minimum atomic E-state index is -3.04. The molecule has 6 nitrogen and oxygen atoms in total. The van der Waals surface area contributed by atoms with E-state index in [0.717, 1.165) is 0 Å². The number of ether oxygens (including phenoxy) is 1. The van der Waals surface area contributed by atoms with Crippen LogP contribution in [0.2, 0.25) is 0 Å². The Bertz CT molecular complexity index is 469. The Morgan fingerprint density at radius 1 is 1.50 bits per heavy atom. The number of benzene rings is 1. The fourth-order valence-electron chi connectivity index (χ4n) is 1.41. The molecule has 20 heavy (non-hydrogen) atoms. The standard InChI is InChI=1S/C12H17F2N3O3/c1-2-5-20-11-6-9(3-4-10(11)17(18)19)16-8-12(13,14)7-15/h3-4,6,16H,2,5,7-8,15H2,1H3. The summed E-state index contributed by atoms with van der Waals surface area (Å²) >= 11 is 0. The first-order chi connectivity index (χ1) is 9.39. The van der Waals surface area contributed by atoms with Crippen molar-refractivity contribution in [3.63, 3.8) is 0 Å². The van der Waals surface area contributed by atoms with E-state index >= 15 is 0 Å². The Hall–Kier alpha value is -1.96. The predicted octanol–water partition coefficient (Wildman–Crippen LogP) is 2.39. The molecule has 0 unspecified atom stereocenters. The summed E-state index contributed by atoms with van der Waals surface area (Å²) in [6, 6.07) is 3.90. The van der Waals surface area contributed by atoms with Crippen molar-refractivity contribution in [3.8, 4) is 5.75 Å². The topological polar surface area (TPSA) is 90.4 Å². The third-order valence-corrected chi connectivity index (χ3v) is 2.47. The number of hydrogen-bond acceptors (Lipinski definition) is 5. The van der Waals surface area contributed by atoms with Gasteiger partial charge in [0.25, 0.3) is 5.92 Å². The Morgan fingerprint density at radius 3 is 2.75 bits per heavy atom. The molecular weight excluding hydrogens is 272 g/mol. The summed E-state index contributed by atoms with van der Waals surface area (Å²) in [6.45, 7) is 0.750. The SMILES string of the molecule is CCCOc1cc(NCC(F)(F)CN)ccc1[N+](=O)[O-]. The maximum Gasteiger partial charge on any atom is 0.311 e. The third kappa shape index (κ3) is 4.61. The maximum atomic E-state index is 13.0. The van der Waals surface area contributed by atoms with Crippen LogP contribution in [-0.4, -0.2) is 30.5 Å². The molecule has 0 fully saturated rings. The van der Waals surface area contributed by atoms with Gasteiger partial charge in [0.1, 0.15) is 0 Å². The lowest BCUT2D eigenvalue weighted by atomic mass is 10.2. The largest absolute Gasteiger partial charge is 0.487 e. The molecule has 0 aliphatic heterocycles. The molecule has 1 aromatic carbocycles. The summed E-state index contributed by atoms with van der Waals surface area (Å²) in [5, 5.41) is 13.3. The van der Waals surface area contributed by atoms with Gasteiger partial charge in [-0.05, 0) is 12.5 Å². The van der Waals surface area contributed by atoms with E-state index in [1.54, 1.807) is 0 Å². The molecule has 0 aliphatic carbocycles. The lowest BCUT2D eigenvalue weighted by Gasteiger charge is -2.16. The molecule has 0 amide bonds. The quantitative estimate of drug-likeness (QED) is 0.566. The van der Waals surface area contributed by atoms with Gasteiger partial charge in [0.15, 0.2) is 5.75 Å². The molecule has 3 N–H and O–H groups in total. The van der Waals surface area contributed by atoms with Crippen molar-refractivity contribution in [1.82, 2.24) is 0 Å². The van der Waals surface area contributed by atoms with Gasteiger partial charge < -0.3 is 15.8 Å². The number of nitrogens with zero attached hydrogens (tertiary/aromatic N) is 1. The number of nitrogens with two attached hydrogens (primary N) is 1. The Kier molecular flexibility index (Phi) is 5.63. The number of nitrogens with one attached hydrogen (secondary N) is 1. The van der Waals surface area contributed by atoms with Crippen molar-refractivity contribution >= 4 is 11.4 Å². The molecule has 8 heteroatoms. The molecule has 1 rings (SSSR count). The number of hydrogen-bond donors (Lipinski definition) is 2. The van der Waals surface area contributed by atoms with Gasteiger partial charge >= 0.3 is 5.69 Å². The van der Waals surface area contributed by atoms with Crippen LogP contribution >= 0.6 is 0 Å². The zero-order valence-corrected chi connectivity index (χ0v) is 11.1. The average molecular weight is 289 g/mol. The molecule has 112 valence electrons. The lowest BCUT2D eigenvalue weighted by Crippen LogP contribution is -2.35. The second kappa shape index (κ2) is 6.99.